The lowest BCUT2D eigenvalue weighted by atomic mass is 10.1. The van der Waals surface area contributed by atoms with Gasteiger partial charge in [-0.3, -0.25) is 0 Å². The molecule has 8 heteroatoms. The highest BCUT2D eigenvalue weighted by atomic mass is 16.7. The van der Waals surface area contributed by atoms with Crippen LogP contribution in [0.15, 0.2) is 60.7 Å². The van der Waals surface area contributed by atoms with Crippen molar-refractivity contribution in [2.45, 2.75) is 44.4 Å². The van der Waals surface area contributed by atoms with E-state index in [0.717, 1.165) is 11.1 Å². The lowest BCUT2D eigenvalue weighted by Crippen LogP contribution is -2.51. The molecule has 1 heterocycles. The third-order valence-corrected chi connectivity index (χ3v) is 4.88. The Morgan fingerprint density at radius 3 is 2.48 bits per heavy atom. The second-order valence-electron chi connectivity index (χ2n) is 7.21. The van der Waals surface area contributed by atoms with Gasteiger partial charge in [-0.25, -0.2) is 4.79 Å². The fourth-order valence-electron chi connectivity index (χ4n) is 3.22. The number of alkyl carbamates (subject to hydrolysis) is 1. The van der Waals surface area contributed by atoms with Crippen LogP contribution >= 0.6 is 0 Å². The molecule has 0 bridgehead atoms. The first kappa shape index (κ1) is 23.2. The zero-order valence-electron chi connectivity index (χ0n) is 17.7. The molecule has 1 fully saturated rings. The summed E-state index contributed by atoms with van der Waals surface area (Å²) >= 11 is 0. The average molecular weight is 431 g/mol. The standard InChI is InChI=1S/C23H29NO7/c1-16(24-23(26)29-14-17-9-5-3-6-10-17)21(27-2)31-20-15-28-22(30-19(20)13-25)18-11-7-4-8-12-18/h3-12,16,19-22,25H,13-15H2,1-2H3,(H,24,26)/t16-,19-,20?,21-,22?/m0/s1. The van der Waals surface area contributed by atoms with Gasteiger partial charge >= 0.3 is 6.09 Å². The van der Waals surface area contributed by atoms with Crippen molar-refractivity contribution in [3.8, 4) is 0 Å². The maximum Gasteiger partial charge on any atom is 0.407 e. The van der Waals surface area contributed by atoms with E-state index in [1.807, 2.05) is 60.7 Å². The third-order valence-electron chi connectivity index (χ3n) is 4.88. The highest BCUT2D eigenvalue weighted by Crippen LogP contribution is 2.28. The summed E-state index contributed by atoms with van der Waals surface area (Å²) in [6.45, 7) is 1.86. The molecule has 0 aliphatic carbocycles. The molecule has 0 saturated carbocycles. The molecule has 8 nitrogen and oxygen atoms in total. The normalized spacial score (nSPS) is 23.0. The number of aliphatic hydroxyl groups is 1. The molecule has 3 rings (SSSR count). The molecule has 2 aromatic carbocycles. The number of hydrogen-bond acceptors (Lipinski definition) is 7. The van der Waals surface area contributed by atoms with Gasteiger partial charge in [-0.1, -0.05) is 60.7 Å². The van der Waals surface area contributed by atoms with Gasteiger partial charge in [-0.2, -0.15) is 0 Å². The summed E-state index contributed by atoms with van der Waals surface area (Å²) in [4.78, 5) is 12.1. The van der Waals surface area contributed by atoms with Crippen LogP contribution in [0, 0.1) is 0 Å². The smallest absolute Gasteiger partial charge is 0.407 e. The first-order valence-electron chi connectivity index (χ1n) is 10.2. The molecule has 0 radical (unpaired) electrons. The molecular weight excluding hydrogens is 402 g/mol. The fourth-order valence-corrected chi connectivity index (χ4v) is 3.22. The SMILES string of the molecule is CO[C@@H](OC1COC(c2ccccc2)O[C@H]1CO)[C@H](C)NC(=O)OCc1ccccc1. The highest BCUT2D eigenvalue weighted by Gasteiger charge is 2.36. The van der Waals surface area contributed by atoms with E-state index >= 15 is 0 Å². The lowest BCUT2D eigenvalue weighted by molar-refractivity contribution is -0.299. The van der Waals surface area contributed by atoms with Crippen LogP contribution in [-0.2, 0) is 30.3 Å². The monoisotopic (exact) mass is 431 g/mol. The molecule has 2 N–H and O–H groups in total. The maximum atomic E-state index is 12.1. The summed E-state index contributed by atoms with van der Waals surface area (Å²) in [6, 6.07) is 18.4. The van der Waals surface area contributed by atoms with Gasteiger partial charge in [0.25, 0.3) is 0 Å². The van der Waals surface area contributed by atoms with Gasteiger partial charge in [0.05, 0.1) is 19.3 Å². The van der Waals surface area contributed by atoms with Gasteiger partial charge in [0.2, 0.25) is 0 Å². The van der Waals surface area contributed by atoms with E-state index in [1.165, 1.54) is 7.11 Å². The molecule has 0 aromatic heterocycles. The summed E-state index contributed by atoms with van der Waals surface area (Å²) in [5.74, 6) is 0. The Morgan fingerprint density at radius 2 is 1.84 bits per heavy atom. The van der Waals surface area contributed by atoms with Crippen LogP contribution in [0.2, 0.25) is 0 Å². The van der Waals surface area contributed by atoms with Crippen LogP contribution in [-0.4, -0.2) is 56.1 Å². The van der Waals surface area contributed by atoms with Gasteiger partial charge in [0.1, 0.15) is 18.8 Å². The predicted octanol–water partition coefficient (Wildman–Crippen LogP) is 2.77. The molecule has 0 spiro atoms. The van der Waals surface area contributed by atoms with Crippen molar-refractivity contribution >= 4 is 6.09 Å². The van der Waals surface area contributed by atoms with Crippen molar-refractivity contribution in [1.82, 2.24) is 5.32 Å². The Balaban J connectivity index is 1.50. The zero-order chi connectivity index (χ0) is 22.1. The number of ether oxygens (including phenoxy) is 5. The van der Waals surface area contributed by atoms with Crippen molar-refractivity contribution in [3.05, 3.63) is 71.8 Å². The third kappa shape index (κ3) is 6.75. The van der Waals surface area contributed by atoms with Crippen LogP contribution in [0.5, 0.6) is 0 Å². The van der Waals surface area contributed by atoms with Gasteiger partial charge in [-0.15, -0.1) is 0 Å². The first-order valence-corrected chi connectivity index (χ1v) is 10.2. The molecule has 2 aromatic rings. The Morgan fingerprint density at radius 1 is 1.16 bits per heavy atom. The summed E-state index contributed by atoms with van der Waals surface area (Å²) in [7, 11) is 1.48. The molecule has 1 aliphatic rings. The van der Waals surface area contributed by atoms with Gasteiger partial charge in [0, 0.05) is 12.7 Å². The van der Waals surface area contributed by atoms with E-state index in [2.05, 4.69) is 5.32 Å². The fraction of sp³-hybridized carbons (Fsp3) is 0.435. The van der Waals surface area contributed by atoms with E-state index < -0.39 is 36.9 Å². The number of nitrogens with one attached hydrogen (secondary N) is 1. The first-order chi connectivity index (χ1) is 15.1. The predicted molar refractivity (Wildman–Crippen MR) is 112 cm³/mol. The topological polar surface area (TPSA) is 95.5 Å². The van der Waals surface area contributed by atoms with Gasteiger partial charge in [0.15, 0.2) is 12.6 Å². The molecule has 5 atom stereocenters. The number of methoxy groups -OCH3 is 1. The van der Waals surface area contributed by atoms with Crippen molar-refractivity contribution in [1.29, 1.82) is 0 Å². The second-order valence-corrected chi connectivity index (χ2v) is 7.21. The van der Waals surface area contributed by atoms with Crippen LogP contribution in [0.4, 0.5) is 4.79 Å². The number of aliphatic hydroxyl groups excluding tert-OH is 1. The van der Waals surface area contributed by atoms with Crippen LogP contribution in [0.1, 0.15) is 24.3 Å². The van der Waals surface area contributed by atoms with E-state index in [-0.39, 0.29) is 19.8 Å². The summed E-state index contributed by atoms with van der Waals surface area (Å²) in [6.07, 6.45) is -3.12. The van der Waals surface area contributed by atoms with Crippen molar-refractivity contribution in [2.24, 2.45) is 0 Å². The number of hydrogen-bond donors (Lipinski definition) is 2. The van der Waals surface area contributed by atoms with Crippen LogP contribution < -0.4 is 5.32 Å². The van der Waals surface area contributed by atoms with E-state index in [0.29, 0.717) is 0 Å². The summed E-state index contributed by atoms with van der Waals surface area (Å²) in [5.41, 5.74) is 1.75. The zero-order valence-corrected chi connectivity index (χ0v) is 17.7. The number of rotatable bonds is 9. The van der Waals surface area contributed by atoms with Crippen LogP contribution in [0.25, 0.3) is 0 Å². The number of carbonyl (C=O) groups excluding carboxylic acids is 1. The summed E-state index contributed by atoms with van der Waals surface area (Å²) < 4.78 is 28.2. The minimum absolute atomic E-state index is 0.162. The second kappa shape index (κ2) is 11.8. The van der Waals surface area contributed by atoms with Crippen LogP contribution in [0.3, 0.4) is 0 Å². The number of carbonyl (C=O) groups is 1. The highest BCUT2D eigenvalue weighted by molar-refractivity contribution is 5.67. The molecular formula is C23H29NO7. The average Bonchev–Trinajstić information content (AvgIpc) is 2.82. The minimum atomic E-state index is -0.788. The molecule has 31 heavy (non-hydrogen) atoms. The Bertz CT molecular complexity index is 789. The van der Waals surface area contributed by atoms with Gasteiger partial charge < -0.3 is 34.1 Å². The molecule has 1 saturated heterocycles. The van der Waals surface area contributed by atoms with Crippen molar-refractivity contribution in [3.63, 3.8) is 0 Å². The Labute approximate surface area is 182 Å². The maximum absolute atomic E-state index is 12.1. The molecule has 1 aliphatic heterocycles. The van der Waals surface area contributed by atoms with Crippen molar-refractivity contribution in [2.75, 3.05) is 20.3 Å². The number of benzene rings is 2. The van der Waals surface area contributed by atoms with E-state index in [1.54, 1.807) is 6.92 Å². The number of amides is 1. The Kier molecular flexibility index (Phi) is 8.81. The molecule has 168 valence electrons. The Hall–Kier alpha value is -2.49. The molecule has 1 amide bonds. The quantitative estimate of drug-likeness (QED) is 0.590. The van der Waals surface area contributed by atoms with Crippen molar-refractivity contribution < 1.29 is 33.6 Å². The van der Waals surface area contributed by atoms with E-state index in [9.17, 15) is 9.90 Å². The molecule has 2 unspecified atom stereocenters. The largest absolute Gasteiger partial charge is 0.445 e. The van der Waals surface area contributed by atoms with E-state index in [4.69, 9.17) is 23.7 Å². The summed E-state index contributed by atoms with van der Waals surface area (Å²) in [5, 5.41) is 12.5. The van der Waals surface area contributed by atoms with Gasteiger partial charge in [-0.05, 0) is 12.5 Å². The lowest BCUT2D eigenvalue weighted by Gasteiger charge is -2.38. The minimum Gasteiger partial charge on any atom is -0.445 e.